The number of hydrogen-bond acceptors (Lipinski definition) is 1. The van der Waals surface area contributed by atoms with Crippen molar-refractivity contribution < 1.29 is 5.11 Å². The number of phenols is 1. The van der Waals surface area contributed by atoms with Crippen molar-refractivity contribution in [3.63, 3.8) is 0 Å². The van der Waals surface area contributed by atoms with Gasteiger partial charge in [0.05, 0.1) is 0 Å². The van der Waals surface area contributed by atoms with Crippen LogP contribution < -0.4 is 0 Å². The zero-order valence-corrected chi connectivity index (χ0v) is 15.4. The average molecular weight is 310 g/mol. The molecule has 23 heavy (non-hydrogen) atoms. The van der Waals surface area contributed by atoms with Crippen molar-refractivity contribution >= 4 is 0 Å². The summed E-state index contributed by atoms with van der Waals surface area (Å²) in [6, 6.07) is 15.0. The second-order valence-electron chi connectivity index (χ2n) is 8.53. The first-order valence-corrected chi connectivity index (χ1v) is 8.50. The first-order chi connectivity index (χ1) is 10.6. The van der Waals surface area contributed by atoms with Crippen molar-refractivity contribution in [2.75, 3.05) is 0 Å². The maximum atomic E-state index is 10.8. The van der Waals surface area contributed by atoms with E-state index in [4.69, 9.17) is 0 Å². The summed E-state index contributed by atoms with van der Waals surface area (Å²) < 4.78 is 0. The Balaban J connectivity index is 2.40. The Hall–Kier alpha value is -1.76. The molecule has 1 heteroatoms. The molecule has 0 aliphatic rings. The number of benzene rings is 2. The van der Waals surface area contributed by atoms with E-state index < -0.39 is 0 Å². The van der Waals surface area contributed by atoms with Gasteiger partial charge in [0.25, 0.3) is 0 Å². The number of aryl methyl sites for hydroxylation is 2. The van der Waals surface area contributed by atoms with Crippen molar-refractivity contribution in [3.8, 4) is 5.75 Å². The van der Waals surface area contributed by atoms with Gasteiger partial charge in [0.2, 0.25) is 0 Å². The fourth-order valence-electron chi connectivity index (χ4n) is 2.92. The molecule has 1 nitrogen and oxygen atoms in total. The molecule has 2 rings (SSSR count). The van der Waals surface area contributed by atoms with E-state index in [9.17, 15) is 5.11 Å². The lowest BCUT2D eigenvalue weighted by Crippen LogP contribution is -2.18. The molecule has 2 aromatic rings. The van der Waals surface area contributed by atoms with E-state index in [2.05, 4.69) is 84.0 Å². The van der Waals surface area contributed by atoms with Crippen molar-refractivity contribution in [3.05, 3.63) is 64.7 Å². The molecule has 0 aromatic heterocycles. The van der Waals surface area contributed by atoms with E-state index in [1.54, 1.807) is 0 Å². The van der Waals surface area contributed by atoms with Gasteiger partial charge in [-0.2, -0.15) is 0 Å². The summed E-state index contributed by atoms with van der Waals surface area (Å²) >= 11 is 0. The number of hydrogen-bond donors (Lipinski definition) is 1. The van der Waals surface area contributed by atoms with E-state index >= 15 is 0 Å². The lowest BCUT2D eigenvalue weighted by Gasteiger charge is -2.28. The smallest absolute Gasteiger partial charge is 0.123 e. The van der Waals surface area contributed by atoms with Crippen LogP contribution in [0.3, 0.4) is 0 Å². The molecule has 0 heterocycles. The number of phenolic OH excluding ortho intramolecular Hbond substituents is 1. The number of rotatable bonds is 3. The van der Waals surface area contributed by atoms with Gasteiger partial charge in [0, 0.05) is 0 Å². The van der Waals surface area contributed by atoms with Crippen LogP contribution in [0.4, 0.5) is 0 Å². The highest BCUT2D eigenvalue weighted by atomic mass is 16.3. The zero-order chi connectivity index (χ0) is 17.3. The van der Waals surface area contributed by atoms with Gasteiger partial charge in [0.1, 0.15) is 5.75 Å². The summed E-state index contributed by atoms with van der Waals surface area (Å²) in [7, 11) is 0. The quantitative estimate of drug-likeness (QED) is 0.762. The molecule has 0 aliphatic carbocycles. The zero-order valence-electron chi connectivity index (χ0n) is 15.4. The predicted molar refractivity (Wildman–Crippen MR) is 99.4 cm³/mol. The molecule has 124 valence electrons. The van der Waals surface area contributed by atoms with E-state index in [1.807, 2.05) is 0 Å². The van der Waals surface area contributed by atoms with Crippen LogP contribution >= 0.6 is 0 Å². The maximum absolute atomic E-state index is 10.8. The second-order valence-corrected chi connectivity index (χ2v) is 8.53. The standard InChI is InChI=1S/C22H30O/c1-21(2,3)18-14-17(13-12-16-10-8-7-9-11-16)15-19(20(18)23)22(4,5)6/h7-11,14-15,23H,12-13H2,1-6H3. The third-order valence-corrected chi connectivity index (χ3v) is 4.33. The molecule has 0 atom stereocenters. The molecule has 2 aromatic carbocycles. The maximum Gasteiger partial charge on any atom is 0.123 e. The predicted octanol–water partition coefficient (Wildman–Crippen LogP) is 5.77. The third kappa shape index (κ3) is 4.37. The van der Waals surface area contributed by atoms with Crippen LogP contribution in [0.25, 0.3) is 0 Å². The Bertz CT molecular complexity index is 620. The van der Waals surface area contributed by atoms with Gasteiger partial charge in [0.15, 0.2) is 0 Å². The van der Waals surface area contributed by atoms with Gasteiger partial charge in [-0.25, -0.2) is 0 Å². The molecule has 0 aliphatic heterocycles. The van der Waals surface area contributed by atoms with Crippen LogP contribution in [0.1, 0.15) is 63.8 Å². The molecule has 0 spiro atoms. The Morgan fingerprint density at radius 2 is 1.13 bits per heavy atom. The van der Waals surface area contributed by atoms with Crippen molar-refractivity contribution in [1.82, 2.24) is 0 Å². The Labute approximate surface area is 141 Å². The van der Waals surface area contributed by atoms with Gasteiger partial charge < -0.3 is 5.11 Å². The number of aromatic hydroxyl groups is 1. The molecule has 0 bridgehead atoms. The normalized spacial score (nSPS) is 12.4. The fraction of sp³-hybridized carbons (Fsp3) is 0.455. The first kappa shape index (κ1) is 17.6. The van der Waals surface area contributed by atoms with Gasteiger partial charge in [-0.15, -0.1) is 0 Å². The van der Waals surface area contributed by atoms with E-state index in [0.29, 0.717) is 5.75 Å². The highest BCUT2D eigenvalue weighted by Crippen LogP contribution is 2.39. The summed E-state index contributed by atoms with van der Waals surface area (Å²) in [6.07, 6.45) is 2.02. The van der Waals surface area contributed by atoms with E-state index in [-0.39, 0.29) is 10.8 Å². The lowest BCUT2D eigenvalue weighted by molar-refractivity contribution is 0.422. The summed E-state index contributed by atoms with van der Waals surface area (Å²) in [5.74, 6) is 0.466. The highest BCUT2D eigenvalue weighted by molar-refractivity contribution is 5.50. The summed E-state index contributed by atoms with van der Waals surface area (Å²) in [6.45, 7) is 13.0. The molecule has 0 saturated carbocycles. The molecule has 0 saturated heterocycles. The topological polar surface area (TPSA) is 20.2 Å². The van der Waals surface area contributed by atoms with Crippen molar-refractivity contribution in [2.45, 2.75) is 65.2 Å². The summed E-state index contributed by atoms with van der Waals surface area (Å²) in [5.41, 5.74) is 4.64. The van der Waals surface area contributed by atoms with E-state index in [1.165, 1.54) is 11.1 Å². The van der Waals surface area contributed by atoms with Crippen molar-refractivity contribution in [2.24, 2.45) is 0 Å². The summed E-state index contributed by atoms with van der Waals surface area (Å²) in [4.78, 5) is 0. The molecule has 0 fully saturated rings. The van der Waals surface area contributed by atoms with Crippen LogP contribution in [0, 0.1) is 0 Å². The largest absolute Gasteiger partial charge is 0.507 e. The minimum Gasteiger partial charge on any atom is -0.507 e. The highest BCUT2D eigenvalue weighted by Gasteiger charge is 2.26. The van der Waals surface area contributed by atoms with Gasteiger partial charge in [-0.05, 0) is 45.9 Å². The first-order valence-electron chi connectivity index (χ1n) is 8.50. The van der Waals surface area contributed by atoms with Crippen molar-refractivity contribution in [1.29, 1.82) is 0 Å². The van der Waals surface area contributed by atoms with Gasteiger partial charge in [-0.3, -0.25) is 0 Å². The Morgan fingerprint density at radius 3 is 1.57 bits per heavy atom. The lowest BCUT2D eigenvalue weighted by atomic mass is 9.78. The van der Waals surface area contributed by atoms with Crippen LogP contribution in [0.15, 0.2) is 42.5 Å². The minimum atomic E-state index is -0.0627. The van der Waals surface area contributed by atoms with Crippen LogP contribution in [-0.4, -0.2) is 5.11 Å². The molecule has 0 amide bonds. The minimum absolute atomic E-state index is 0.0627. The van der Waals surface area contributed by atoms with Gasteiger partial charge >= 0.3 is 0 Å². The Kier molecular flexibility index (Phi) is 4.89. The Morgan fingerprint density at radius 1 is 0.696 bits per heavy atom. The molecular weight excluding hydrogens is 280 g/mol. The summed E-state index contributed by atoms with van der Waals surface area (Å²) in [5, 5.41) is 10.8. The van der Waals surface area contributed by atoms with Crippen LogP contribution in [0.2, 0.25) is 0 Å². The SMILES string of the molecule is CC(C)(C)c1cc(CCc2ccccc2)cc(C(C)(C)C)c1O. The molecule has 1 N–H and O–H groups in total. The molecular formula is C22H30O. The second kappa shape index (κ2) is 6.39. The molecule has 0 radical (unpaired) electrons. The third-order valence-electron chi connectivity index (χ3n) is 4.33. The molecule has 0 unspecified atom stereocenters. The van der Waals surface area contributed by atoms with Crippen LogP contribution in [-0.2, 0) is 23.7 Å². The average Bonchev–Trinajstić information content (AvgIpc) is 2.44. The monoisotopic (exact) mass is 310 g/mol. The fourth-order valence-corrected chi connectivity index (χ4v) is 2.92. The van der Waals surface area contributed by atoms with E-state index in [0.717, 1.165) is 24.0 Å². The van der Waals surface area contributed by atoms with Gasteiger partial charge in [-0.1, -0.05) is 84.0 Å². The van der Waals surface area contributed by atoms with Crippen LogP contribution in [0.5, 0.6) is 5.75 Å².